The Morgan fingerprint density at radius 2 is 1.94 bits per heavy atom. The predicted molar refractivity (Wildman–Crippen MR) is 83.0 cm³/mol. The SMILES string of the molecule is Cc1cc(Br)c(NCCc2cccnc2)c(Br)c1. The number of anilines is 1. The van der Waals surface area contributed by atoms with Crippen LogP contribution in [0.1, 0.15) is 11.1 Å². The Kier molecular flexibility index (Phi) is 4.78. The van der Waals surface area contributed by atoms with Gasteiger partial charge in [0.15, 0.2) is 0 Å². The summed E-state index contributed by atoms with van der Waals surface area (Å²) >= 11 is 7.16. The van der Waals surface area contributed by atoms with Crippen LogP contribution in [0.2, 0.25) is 0 Å². The molecule has 0 amide bonds. The maximum atomic E-state index is 4.11. The van der Waals surface area contributed by atoms with Crippen molar-refractivity contribution < 1.29 is 0 Å². The summed E-state index contributed by atoms with van der Waals surface area (Å²) in [5, 5.41) is 3.44. The first-order chi connectivity index (χ1) is 8.66. The average Bonchev–Trinajstić information content (AvgIpc) is 2.34. The Morgan fingerprint density at radius 1 is 1.22 bits per heavy atom. The van der Waals surface area contributed by atoms with Gasteiger partial charge in [0.2, 0.25) is 0 Å². The van der Waals surface area contributed by atoms with Crippen molar-refractivity contribution in [1.82, 2.24) is 4.98 Å². The number of hydrogen-bond acceptors (Lipinski definition) is 2. The number of aryl methyl sites for hydroxylation is 1. The molecule has 0 saturated heterocycles. The molecule has 1 aromatic carbocycles. The molecule has 0 aliphatic heterocycles. The molecular formula is C14H14Br2N2. The van der Waals surface area contributed by atoms with Crippen molar-refractivity contribution in [3.63, 3.8) is 0 Å². The van der Waals surface area contributed by atoms with Crippen molar-refractivity contribution in [2.45, 2.75) is 13.3 Å². The van der Waals surface area contributed by atoms with Gasteiger partial charge in [-0.2, -0.15) is 0 Å². The molecule has 1 heterocycles. The van der Waals surface area contributed by atoms with Crippen molar-refractivity contribution in [2.75, 3.05) is 11.9 Å². The van der Waals surface area contributed by atoms with Gasteiger partial charge in [0.05, 0.1) is 5.69 Å². The van der Waals surface area contributed by atoms with Gasteiger partial charge in [-0.1, -0.05) is 6.07 Å². The zero-order valence-corrected chi connectivity index (χ0v) is 13.3. The van der Waals surface area contributed by atoms with Gasteiger partial charge < -0.3 is 5.32 Å². The second-order valence-electron chi connectivity index (χ2n) is 4.14. The second kappa shape index (κ2) is 6.34. The van der Waals surface area contributed by atoms with E-state index in [0.29, 0.717) is 0 Å². The normalized spacial score (nSPS) is 10.4. The monoisotopic (exact) mass is 368 g/mol. The van der Waals surface area contributed by atoms with Gasteiger partial charge in [-0.25, -0.2) is 0 Å². The summed E-state index contributed by atoms with van der Waals surface area (Å²) in [5.74, 6) is 0. The number of halogens is 2. The van der Waals surface area contributed by atoms with E-state index < -0.39 is 0 Å². The lowest BCUT2D eigenvalue weighted by atomic mass is 10.2. The molecule has 0 unspecified atom stereocenters. The number of nitrogens with zero attached hydrogens (tertiary/aromatic N) is 1. The summed E-state index contributed by atoms with van der Waals surface area (Å²) < 4.78 is 2.17. The number of rotatable bonds is 4. The van der Waals surface area contributed by atoms with Crippen molar-refractivity contribution in [1.29, 1.82) is 0 Å². The molecule has 2 rings (SSSR count). The third-order valence-corrected chi connectivity index (χ3v) is 3.88. The quantitative estimate of drug-likeness (QED) is 0.853. The highest BCUT2D eigenvalue weighted by Crippen LogP contribution is 2.32. The first-order valence-electron chi connectivity index (χ1n) is 5.75. The Bertz CT molecular complexity index is 504. The highest BCUT2D eigenvalue weighted by atomic mass is 79.9. The van der Waals surface area contributed by atoms with Crippen molar-refractivity contribution in [3.05, 3.63) is 56.7 Å². The summed E-state index contributed by atoms with van der Waals surface area (Å²) in [6, 6.07) is 8.27. The van der Waals surface area contributed by atoms with E-state index in [9.17, 15) is 0 Å². The molecule has 0 aliphatic rings. The van der Waals surface area contributed by atoms with Crippen LogP contribution in [0.5, 0.6) is 0 Å². The first kappa shape index (κ1) is 13.6. The van der Waals surface area contributed by atoms with E-state index in [0.717, 1.165) is 27.6 Å². The Balaban J connectivity index is 1.99. The number of aromatic nitrogens is 1. The average molecular weight is 370 g/mol. The topological polar surface area (TPSA) is 24.9 Å². The third kappa shape index (κ3) is 3.56. The van der Waals surface area contributed by atoms with Crippen LogP contribution in [0, 0.1) is 6.92 Å². The maximum Gasteiger partial charge on any atom is 0.0629 e. The van der Waals surface area contributed by atoms with Gasteiger partial charge in [0.25, 0.3) is 0 Å². The van der Waals surface area contributed by atoms with Crippen molar-refractivity contribution >= 4 is 37.5 Å². The molecule has 0 spiro atoms. The zero-order chi connectivity index (χ0) is 13.0. The molecular weight excluding hydrogens is 356 g/mol. The van der Waals surface area contributed by atoms with Crippen LogP contribution in [0.3, 0.4) is 0 Å². The van der Waals surface area contributed by atoms with E-state index in [1.54, 1.807) is 6.20 Å². The van der Waals surface area contributed by atoms with Crippen molar-refractivity contribution in [3.8, 4) is 0 Å². The molecule has 0 bridgehead atoms. The number of benzene rings is 1. The van der Waals surface area contributed by atoms with E-state index in [-0.39, 0.29) is 0 Å². The lowest BCUT2D eigenvalue weighted by molar-refractivity contribution is 1.00. The summed E-state index contributed by atoms with van der Waals surface area (Å²) in [6.45, 7) is 2.96. The van der Waals surface area contributed by atoms with Crippen LogP contribution >= 0.6 is 31.9 Å². The predicted octanol–water partition coefficient (Wildman–Crippen LogP) is 4.57. The van der Waals surface area contributed by atoms with E-state index >= 15 is 0 Å². The minimum absolute atomic E-state index is 0.881. The Hall–Kier alpha value is -0.870. The number of nitrogens with one attached hydrogen (secondary N) is 1. The molecule has 0 radical (unpaired) electrons. The third-order valence-electron chi connectivity index (χ3n) is 2.62. The fourth-order valence-electron chi connectivity index (χ4n) is 1.75. The fraction of sp³-hybridized carbons (Fsp3) is 0.214. The Morgan fingerprint density at radius 3 is 2.56 bits per heavy atom. The van der Waals surface area contributed by atoms with Gasteiger partial charge in [-0.3, -0.25) is 4.98 Å². The Labute approximate surface area is 124 Å². The molecule has 1 aromatic heterocycles. The minimum Gasteiger partial charge on any atom is -0.383 e. The van der Waals surface area contributed by atoms with E-state index in [2.05, 4.69) is 67.3 Å². The molecule has 0 saturated carbocycles. The van der Waals surface area contributed by atoms with Gasteiger partial charge >= 0.3 is 0 Å². The summed E-state index contributed by atoms with van der Waals surface area (Å²) in [5.41, 5.74) is 3.57. The van der Waals surface area contributed by atoms with Gasteiger partial charge in [0.1, 0.15) is 0 Å². The summed E-state index contributed by atoms with van der Waals surface area (Å²) in [7, 11) is 0. The van der Waals surface area contributed by atoms with Gasteiger partial charge in [-0.15, -0.1) is 0 Å². The van der Waals surface area contributed by atoms with Crippen LogP contribution in [-0.2, 0) is 6.42 Å². The van der Waals surface area contributed by atoms with E-state index in [4.69, 9.17) is 0 Å². The largest absolute Gasteiger partial charge is 0.383 e. The second-order valence-corrected chi connectivity index (χ2v) is 5.85. The fourth-order valence-corrected chi connectivity index (χ4v) is 3.44. The van der Waals surface area contributed by atoms with Crippen molar-refractivity contribution in [2.24, 2.45) is 0 Å². The molecule has 1 N–H and O–H groups in total. The molecule has 0 aliphatic carbocycles. The molecule has 94 valence electrons. The summed E-state index contributed by atoms with van der Waals surface area (Å²) in [6.07, 6.45) is 4.66. The smallest absolute Gasteiger partial charge is 0.0629 e. The number of pyridine rings is 1. The van der Waals surface area contributed by atoms with E-state index in [1.165, 1.54) is 11.1 Å². The van der Waals surface area contributed by atoms with Crippen LogP contribution in [0.15, 0.2) is 45.6 Å². The molecule has 4 heteroatoms. The van der Waals surface area contributed by atoms with Crippen LogP contribution in [0.25, 0.3) is 0 Å². The number of hydrogen-bond donors (Lipinski definition) is 1. The molecule has 18 heavy (non-hydrogen) atoms. The van der Waals surface area contributed by atoms with E-state index in [1.807, 2.05) is 12.3 Å². The lowest BCUT2D eigenvalue weighted by Gasteiger charge is -2.11. The lowest BCUT2D eigenvalue weighted by Crippen LogP contribution is -2.06. The standard InChI is InChI=1S/C14H14Br2N2/c1-10-7-12(15)14(13(16)8-10)18-6-4-11-3-2-5-17-9-11/h2-3,5,7-9,18H,4,6H2,1H3. The van der Waals surface area contributed by atoms with Crippen LogP contribution < -0.4 is 5.32 Å². The van der Waals surface area contributed by atoms with Crippen LogP contribution in [-0.4, -0.2) is 11.5 Å². The van der Waals surface area contributed by atoms with Crippen LogP contribution in [0.4, 0.5) is 5.69 Å². The molecule has 0 atom stereocenters. The molecule has 2 aromatic rings. The first-order valence-corrected chi connectivity index (χ1v) is 7.34. The molecule has 0 fully saturated rings. The highest BCUT2D eigenvalue weighted by molar-refractivity contribution is 9.11. The van der Waals surface area contributed by atoms with Gasteiger partial charge in [-0.05, 0) is 74.5 Å². The minimum atomic E-state index is 0.881. The molecule has 2 nitrogen and oxygen atoms in total. The highest BCUT2D eigenvalue weighted by Gasteiger charge is 2.05. The maximum absolute atomic E-state index is 4.11. The summed E-state index contributed by atoms with van der Waals surface area (Å²) in [4.78, 5) is 4.11. The zero-order valence-electron chi connectivity index (χ0n) is 10.1. The van der Waals surface area contributed by atoms with Gasteiger partial charge in [0, 0.05) is 27.9 Å².